The van der Waals surface area contributed by atoms with Gasteiger partial charge in [-0.05, 0) is 45.3 Å². The summed E-state index contributed by atoms with van der Waals surface area (Å²) in [5.74, 6) is 0.869. The summed E-state index contributed by atoms with van der Waals surface area (Å²) in [6, 6.07) is 1.29. The molecule has 0 aliphatic carbocycles. The fourth-order valence-electron chi connectivity index (χ4n) is 2.61. The highest BCUT2D eigenvalue weighted by Gasteiger charge is 2.27. The lowest BCUT2D eigenvalue weighted by Gasteiger charge is -2.38. The van der Waals surface area contributed by atoms with E-state index in [1.54, 1.807) is 0 Å². The third kappa shape index (κ3) is 2.92. The Kier molecular flexibility index (Phi) is 4.00. The number of nitrogens with one attached hydrogen (secondary N) is 1. The van der Waals surface area contributed by atoms with E-state index < -0.39 is 0 Å². The lowest BCUT2D eigenvalue weighted by atomic mass is 9.90. The number of likely N-dealkylation sites (tertiary alicyclic amines) is 1. The van der Waals surface area contributed by atoms with E-state index in [0.29, 0.717) is 12.1 Å². The normalized spacial score (nSPS) is 27.6. The Morgan fingerprint density at radius 3 is 2.47 bits per heavy atom. The summed E-state index contributed by atoms with van der Waals surface area (Å²) < 4.78 is 5.19. The topological polar surface area (TPSA) is 24.5 Å². The Hall–Kier alpha value is -0.120. The molecule has 2 saturated heterocycles. The summed E-state index contributed by atoms with van der Waals surface area (Å²) in [6.45, 7) is 10.2. The van der Waals surface area contributed by atoms with Gasteiger partial charge in [0, 0.05) is 6.04 Å². The van der Waals surface area contributed by atoms with Gasteiger partial charge in [-0.25, -0.2) is 0 Å². The molecule has 3 heteroatoms. The van der Waals surface area contributed by atoms with Crippen LogP contribution in [0.3, 0.4) is 0 Å². The third-order valence-electron chi connectivity index (χ3n) is 3.92. The maximum Gasteiger partial charge on any atom is 0.0643 e. The van der Waals surface area contributed by atoms with Crippen molar-refractivity contribution in [1.29, 1.82) is 0 Å². The SMILES string of the molecule is CCN1CCC(C(C)NC2COC2)CC1. The standard InChI is InChI=1S/C12H24N2O/c1-3-14-6-4-11(5-7-14)10(2)13-12-8-15-9-12/h10-13H,3-9H2,1-2H3. The largest absolute Gasteiger partial charge is 0.378 e. The van der Waals surface area contributed by atoms with Crippen LogP contribution in [-0.4, -0.2) is 49.8 Å². The molecule has 1 unspecified atom stereocenters. The van der Waals surface area contributed by atoms with E-state index in [0.717, 1.165) is 19.1 Å². The third-order valence-corrected chi connectivity index (χ3v) is 3.92. The van der Waals surface area contributed by atoms with Crippen molar-refractivity contribution in [2.75, 3.05) is 32.8 Å². The van der Waals surface area contributed by atoms with Gasteiger partial charge >= 0.3 is 0 Å². The van der Waals surface area contributed by atoms with E-state index >= 15 is 0 Å². The van der Waals surface area contributed by atoms with Crippen molar-refractivity contribution < 1.29 is 4.74 Å². The molecule has 0 saturated carbocycles. The molecule has 2 rings (SSSR count). The molecule has 2 heterocycles. The van der Waals surface area contributed by atoms with Crippen molar-refractivity contribution in [3.05, 3.63) is 0 Å². The van der Waals surface area contributed by atoms with Crippen molar-refractivity contribution in [3.8, 4) is 0 Å². The molecular formula is C12H24N2O. The zero-order valence-electron chi connectivity index (χ0n) is 10.0. The number of rotatable bonds is 4. The first-order chi connectivity index (χ1) is 7.29. The Labute approximate surface area is 93.2 Å². The first-order valence-corrected chi connectivity index (χ1v) is 6.35. The van der Waals surface area contributed by atoms with Crippen LogP contribution in [0.5, 0.6) is 0 Å². The van der Waals surface area contributed by atoms with Gasteiger partial charge in [0.15, 0.2) is 0 Å². The van der Waals surface area contributed by atoms with Gasteiger partial charge in [-0.15, -0.1) is 0 Å². The summed E-state index contributed by atoms with van der Waals surface area (Å²) in [5, 5.41) is 3.68. The van der Waals surface area contributed by atoms with Crippen LogP contribution in [0.1, 0.15) is 26.7 Å². The number of ether oxygens (including phenoxy) is 1. The van der Waals surface area contributed by atoms with E-state index in [9.17, 15) is 0 Å². The van der Waals surface area contributed by atoms with Gasteiger partial charge in [-0.1, -0.05) is 6.92 Å². The molecule has 0 amide bonds. The number of hydrogen-bond donors (Lipinski definition) is 1. The van der Waals surface area contributed by atoms with E-state index in [1.807, 2.05) is 0 Å². The van der Waals surface area contributed by atoms with Crippen LogP contribution in [0.4, 0.5) is 0 Å². The molecule has 2 aliphatic rings. The zero-order valence-corrected chi connectivity index (χ0v) is 10.0. The molecule has 88 valence electrons. The molecule has 1 N–H and O–H groups in total. The molecule has 0 bridgehead atoms. The molecule has 2 aliphatic heterocycles. The van der Waals surface area contributed by atoms with Crippen LogP contribution < -0.4 is 5.32 Å². The zero-order chi connectivity index (χ0) is 10.7. The van der Waals surface area contributed by atoms with Gasteiger partial charge in [0.2, 0.25) is 0 Å². The summed E-state index contributed by atoms with van der Waals surface area (Å²) in [5.41, 5.74) is 0. The van der Waals surface area contributed by atoms with E-state index in [4.69, 9.17) is 4.74 Å². The second-order valence-corrected chi connectivity index (χ2v) is 4.96. The lowest BCUT2D eigenvalue weighted by Crippen LogP contribution is -2.52. The molecule has 15 heavy (non-hydrogen) atoms. The lowest BCUT2D eigenvalue weighted by molar-refractivity contribution is -0.0141. The molecule has 0 aromatic carbocycles. The molecule has 0 aromatic rings. The highest BCUT2D eigenvalue weighted by Crippen LogP contribution is 2.21. The molecule has 0 aromatic heterocycles. The van der Waals surface area contributed by atoms with Crippen molar-refractivity contribution in [2.24, 2.45) is 5.92 Å². The average molecular weight is 212 g/mol. The van der Waals surface area contributed by atoms with Gasteiger partial charge in [0.25, 0.3) is 0 Å². The Morgan fingerprint density at radius 1 is 1.33 bits per heavy atom. The fraction of sp³-hybridized carbons (Fsp3) is 1.00. The van der Waals surface area contributed by atoms with Crippen molar-refractivity contribution in [1.82, 2.24) is 10.2 Å². The number of nitrogens with zero attached hydrogens (tertiary/aromatic N) is 1. The molecule has 2 fully saturated rings. The molecule has 0 radical (unpaired) electrons. The maximum absolute atomic E-state index is 5.19. The van der Waals surface area contributed by atoms with Gasteiger partial charge in [-0.2, -0.15) is 0 Å². The highest BCUT2D eigenvalue weighted by molar-refractivity contribution is 4.83. The van der Waals surface area contributed by atoms with Crippen molar-refractivity contribution in [2.45, 2.75) is 38.8 Å². The van der Waals surface area contributed by atoms with E-state index in [2.05, 4.69) is 24.1 Å². The minimum Gasteiger partial charge on any atom is -0.378 e. The Bertz CT molecular complexity index is 186. The Morgan fingerprint density at radius 2 is 2.00 bits per heavy atom. The van der Waals surface area contributed by atoms with Crippen LogP contribution in [-0.2, 0) is 4.74 Å². The molecule has 0 spiro atoms. The highest BCUT2D eigenvalue weighted by atomic mass is 16.5. The Balaban J connectivity index is 1.69. The van der Waals surface area contributed by atoms with E-state index in [1.165, 1.54) is 32.5 Å². The molecule has 1 atom stereocenters. The van der Waals surface area contributed by atoms with Crippen LogP contribution in [0.25, 0.3) is 0 Å². The van der Waals surface area contributed by atoms with Crippen molar-refractivity contribution >= 4 is 0 Å². The quantitative estimate of drug-likeness (QED) is 0.755. The van der Waals surface area contributed by atoms with Crippen LogP contribution in [0, 0.1) is 5.92 Å². The first-order valence-electron chi connectivity index (χ1n) is 6.35. The predicted molar refractivity (Wildman–Crippen MR) is 62.0 cm³/mol. The number of piperidine rings is 1. The first kappa shape index (κ1) is 11.4. The van der Waals surface area contributed by atoms with Crippen LogP contribution in [0.2, 0.25) is 0 Å². The predicted octanol–water partition coefficient (Wildman–Crippen LogP) is 1.10. The summed E-state index contributed by atoms with van der Waals surface area (Å²) in [4.78, 5) is 2.55. The summed E-state index contributed by atoms with van der Waals surface area (Å²) in [6.07, 6.45) is 2.71. The average Bonchev–Trinajstić information content (AvgIpc) is 2.23. The molecule has 3 nitrogen and oxygen atoms in total. The maximum atomic E-state index is 5.19. The van der Waals surface area contributed by atoms with Crippen molar-refractivity contribution in [3.63, 3.8) is 0 Å². The summed E-state index contributed by atoms with van der Waals surface area (Å²) >= 11 is 0. The second-order valence-electron chi connectivity index (χ2n) is 4.96. The van der Waals surface area contributed by atoms with Gasteiger partial charge in [-0.3, -0.25) is 0 Å². The fourth-order valence-corrected chi connectivity index (χ4v) is 2.61. The van der Waals surface area contributed by atoms with Crippen LogP contribution in [0.15, 0.2) is 0 Å². The summed E-state index contributed by atoms with van der Waals surface area (Å²) in [7, 11) is 0. The molecular weight excluding hydrogens is 188 g/mol. The minimum atomic E-state index is 0.629. The smallest absolute Gasteiger partial charge is 0.0643 e. The second kappa shape index (κ2) is 5.28. The van der Waals surface area contributed by atoms with Crippen LogP contribution >= 0.6 is 0 Å². The van der Waals surface area contributed by atoms with E-state index in [-0.39, 0.29) is 0 Å². The monoisotopic (exact) mass is 212 g/mol. The number of hydrogen-bond acceptors (Lipinski definition) is 3. The minimum absolute atomic E-state index is 0.629. The van der Waals surface area contributed by atoms with Gasteiger partial charge in [0.1, 0.15) is 0 Å². The van der Waals surface area contributed by atoms with Gasteiger partial charge in [0.05, 0.1) is 19.3 Å². The van der Waals surface area contributed by atoms with Gasteiger partial charge < -0.3 is 15.0 Å².